The van der Waals surface area contributed by atoms with E-state index in [1.165, 1.54) is 0 Å². The number of rotatable bonds is 5. The normalized spacial score (nSPS) is 23.2. The molecule has 2 rings (SSSR count). The molecule has 1 aliphatic heterocycles. The van der Waals surface area contributed by atoms with Gasteiger partial charge in [-0.15, -0.1) is 11.3 Å². The van der Waals surface area contributed by atoms with Crippen LogP contribution in [0.3, 0.4) is 0 Å². The number of hydrogen-bond acceptors (Lipinski definition) is 4. The zero-order valence-electron chi connectivity index (χ0n) is 11.1. The number of carbonyl (C=O) groups excluding carboxylic acids is 1. The summed E-state index contributed by atoms with van der Waals surface area (Å²) in [7, 11) is 0. The number of nitrogens with one attached hydrogen (secondary N) is 2. The molecule has 1 amide bonds. The van der Waals surface area contributed by atoms with Crippen molar-refractivity contribution in [1.82, 2.24) is 15.6 Å². The summed E-state index contributed by atoms with van der Waals surface area (Å²) in [6.45, 7) is 5.70. The van der Waals surface area contributed by atoms with Crippen molar-refractivity contribution in [3.8, 4) is 0 Å². The molecule has 1 aliphatic rings. The molecule has 1 aromatic rings. The summed E-state index contributed by atoms with van der Waals surface area (Å²) >= 11 is 1.66. The van der Waals surface area contributed by atoms with E-state index >= 15 is 0 Å². The van der Waals surface area contributed by atoms with Gasteiger partial charge in [-0.1, -0.05) is 6.92 Å². The first-order chi connectivity index (χ1) is 8.66. The van der Waals surface area contributed by atoms with Gasteiger partial charge in [0.1, 0.15) is 0 Å². The maximum absolute atomic E-state index is 12.2. The third kappa shape index (κ3) is 2.90. The van der Waals surface area contributed by atoms with E-state index in [1.54, 1.807) is 11.3 Å². The van der Waals surface area contributed by atoms with Crippen LogP contribution in [-0.4, -0.2) is 29.5 Å². The van der Waals surface area contributed by atoms with Gasteiger partial charge in [0.2, 0.25) is 5.91 Å². The van der Waals surface area contributed by atoms with Crippen LogP contribution in [0, 0.1) is 6.92 Å². The molecule has 1 aromatic heterocycles. The number of aryl methyl sites for hydroxylation is 1. The first-order valence-corrected chi connectivity index (χ1v) is 7.48. The van der Waals surface area contributed by atoms with Crippen molar-refractivity contribution in [2.45, 2.75) is 45.1 Å². The summed E-state index contributed by atoms with van der Waals surface area (Å²) in [5.74, 6) is 0.148. The second-order valence-electron chi connectivity index (χ2n) is 4.83. The van der Waals surface area contributed by atoms with Crippen LogP contribution in [-0.2, 0) is 11.2 Å². The minimum absolute atomic E-state index is 0.148. The highest BCUT2D eigenvalue weighted by atomic mass is 32.1. The molecule has 0 saturated carbocycles. The Bertz CT molecular complexity index is 410. The lowest BCUT2D eigenvalue weighted by atomic mass is 9.93. The van der Waals surface area contributed by atoms with E-state index in [-0.39, 0.29) is 11.4 Å². The van der Waals surface area contributed by atoms with Crippen molar-refractivity contribution in [3.05, 3.63) is 16.1 Å². The maximum Gasteiger partial charge on any atom is 0.240 e. The SMILES string of the molecule is CCC1(C(=O)NCCc2csc(C)n2)CCCN1. The molecule has 0 aromatic carbocycles. The Kier molecular flexibility index (Phi) is 4.35. The predicted molar refractivity (Wildman–Crippen MR) is 73.8 cm³/mol. The molecule has 0 radical (unpaired) electrons. The standard InChI is InChI=1S/C13H21N3OS/c1-3-13(6-4-7-15-13)12(17)14-8-5-11-9-18-10(2)16-11/h9,15H,3-8H2,1-2H3,(H,14,17). The van der Waals surface area contributed by atoms with Gasteiger partial charge in [-0.25, -0.2) is 4.98 Å². The molecular weight excluding hydrogens is 246 g/mol. The Morgan fingerprint density at radius 2 is 2.50 bits per heavy atom. The highest BCUT2D eigenvalue weighted by Crippen LogP contribution is 2.22. The van der Waals surface area contributed by atoms with E-state index in [0.29, 0.717) is 6.54 Å². The van der Waals surface area contributed by atoms with E-state index in [2.05, 4.69) is 27.9 Å². The van der Waals surface area contributed by atoms with Gasteiger partial charge in [0.15, 0.2) is 0 Å². The highest BCUT2D eigenvalue weighted by molar-refractivity contribution is 7.09. The lowest BCUT2D eigenvalue weighted by Crippen LogP contribution is -2.53. The van der Waals surface area contributed by atoms with Crippen LogP contribution in [0.5, 0.6) is 0 Å². The molecular formula is C13H21N3OS. The fourth-order valence-electron chi connectivity index (χ4n) is 2.46. The maximum atomic E-state index is 12.2. The molecule has 100 valence electrons. The van der Waals surface area contributed by atoms with Crippen molar-refractivity contribution in [2.24, 2.45) is 0 Å². The molecule has 2 heterocycles. The highest BCUT2D eigenvalue weighted by Gasteiger charge is 2.38. The largest absolute Gasteiger partial charge is 0.354 e. The lowest BCUT2D eigenvalue weighted by Gasteiger charge is -2.26. The van der Waals surface area contributed by atoms with E-state index in [1.807, 2.05) is 6.92 Å². The van der Waals surface area contributed by atoms with Crippen molar-refractivity contribution in [1.29, 1.82) is 0 Å². The van der Waals surface area contributed by atoms with E-state index < -0.39 is 0 Å². The first-order valence-electron chi connectivity index (χ1n) is 6.60. The number of hydrogen-bond donors (Lipinski definition) is 2. The Labute approximate surface area is 112 Å². The molecule has 1 saturated heterocycles. The third-order valence-corrected chi connectivity index (χ3v) is 4.44. The Morgan fingerprint density at radius 3 is 3.06 bits per heavy atom. The van der Waals surface area contributed by atoms with Crippen molar-refractivity contribution in [2.75, 3.05) is 13.1 Å². The molecule has 5 heteroatoms. The van der Waals surface area contributed by atoms with Gasteiger partial charge in [0.25, 0.3) is 0 Å². The van der Waals surface area contributed by atoms with Crippen LogP contribution >= 0.6 is 11.3 Å². The lowest BCUT2D eigenvalue weighted by molar-refractivity contribution is -0.127. The van der Waals surface area contributed by atoms with Crippen LogP contribution < -0.4 is 10.6 Å². The molecule has 1 atom stereocenters. The molecule has 0 bridgehead atoms. The smallest absolute Gasteiger partial charge is 0.240 e. The average molecular weight is 267 g/mol. The van der Waals surface area contributed by atoms with Gasteiger partial charge < -0.3 is 10.6 Å². The van der Waals surface area contributed by atoms with Gasteiger partial charge in [0.05, 0.1) is 16.2 Å². The molecule has 1 fully saturated rings. The minimum atomic E-state index is -0.321. The Morgan fingerprint density at radius 1 is 1.67 bits per heavy atom. The summed E-state index contributed by atoms with van der Waals surface area (Å²) in [5.41, 5.74) is 0.751. The summed E-state index contributed by atoms with van der Waals surface area (Å²) in [4.78, 5) is 16.6. The zero-order chi connectivity index (χ0) is 13.0. The number of amides is 1. The topological polar surface area (TPSA) is 54.0 Å². The number of nitrogens with zero attached hydrogens (tertiary/aromatic N) is 1. The van der Waals surface area contributed by atoms with E-state index in [0.717, 1.165) is 42.9 Å². The third-order valence-electron chi connectivity index (χ3n) is 3.62. The summed E-state index contributed by atoms with van der Waals surface area (Å²) in [6.07, 6.45) is 3.71. The number of carbonyl (C=O) groups is 1. The first kappa shape index (κ1) is 13.5. The van der Waals surface area contributed by atoms with E-state index in [9.17, 15) is 4.79 Å². The van der Waals surface area contributed by atoms with Crippen molar-refractivity contribution in [3.63, 3.8) is 0 Å². The summed E-state index contributed by atoms with van der Waals surface area (Å²) in [6, 6.07) is 0. The molecule has 18 heavy (non-hydrogen) atoms. The van der Waals surface area contributed by atoms with E-state index in [4.69, 9.17) is 0 Å². The van der Waals surface area contributed by atoms with Crippen LogP contribution in [0.1, 0.15) is 36.9 Å². The number of aromatic nitrogens is 1. The second-order valence-corrected chi connectivity index (χ2v) is 5.89. The molecule has 1 unspecified atom stereocenters. The van der Waals surface area contributed by atoms with Gasteiger partial charge in [-0.3, -0.25) is 4.79 Å². The summed E-state index contributed by atoms with van der Waals surface area (Å²) < 4.78 is 0. The molecule has 4 nitrogen and oxygen atoms in total. The van der Waals surface area contributed by atoms with Gasteiger partial charge in [-0.2, -0.15) is 0 Å². The Balaban J connectivity index is 1.81. The molecule has 2 N–H and O–H groups in total. The predicted octanol–water partition coefficient (Wildman–Crippen LogP) is 1.64. The van der Waals surface area contributed by atoms with Gasteiger partial charge in [-0.05, 0) is 32.7 Å². The molecule has 0 spiro atoms. The van der Waals surface area contributed by atoms with Crippen LogP contribution in [0.15, 0.2) is 5.38 Å². The Hall–Kier alpha value is -0.940. The van der Waals surface area contributed by atoms with Gasteiger partial charge >= 0.3 is 0 Å². The molecule has 0 aliphatic carbocycles. The fraction of sp³-hybridized carbons (Fsp3) is 0.692. The van der Waals surface area contributed by atoms with Gasteiger partial charge in [0, 0.05) is 18.3 Å². The minimum Gasteiger partial charge on any atom is -0.354 e. The quantitative estimate of drug-likeness (QED) is 0.853. The van der Waals surface area contributed by atoms with Crippen LogP contribution in [0.4, 0.5) is 0 Å². The monoisotopic (exact) mass is 267 g/mol. The van der Waals surface area contributed by atoms with Crippen LogP contribution in [0.2, 0.25) is 0 Å². The second kappa shape index (κ2) is 5.80. The van der Waals surface area contributed by atoms with Crippen LogP contribution in [0.25, 0.3) is 0 Å². The van der Waals surface area contributed by atoms with Crippen molar-refractivity contribution >= 4 is 17.2 Å². The summed E-state index contributed by atoms with van der Waals surface area (Å²) in [5, 5.41) is 9.53. The fourth-order valence-corrected chi connectivity index (χ4v) is 3.11. The zero-order valence-corrected chi connectivity index (χ0v) is 11.9. The number of thiazole rings is 1. The van der Waals surface area contributed by atoms with Crippen molar-refractivity contribution < 1.29 is 4.79 Å². The average Bonchev–Trinajstić information content (AvgIpc) is 2.99.